The van der Waals surface area contributed by atoms with Gasteiger partial charge in [0.1, 0.15) is 0 Å². The van der Waals surface area contributed by atoms with E-state index < -0.39 is 0 Å². The fraction of sp³-hybridized carbons (Fsp3) is 0.545. The molecule has 0 amide bonds. The van der Waals surface area contributed by atoms with Crippen LogP contribution in [0.15, 0.2) is 23.2 Å². The van der Waals surface area contributed by atoms with E-state index in [-0.39, 0.29) is 0 Å². The number of thioether (sulfide) groups is 1. The molecule has 0 bridgehead atoms. The average molecular weight is 209 g/mol. The lowest BCUT2D eigenvalue weighted by Gasteiger charge is -2.02. The number of ether oxygens (including phenoxy) is 1. The van der Waals surface area contributed by atoms with Crippen LogP contribution < -0.4 is 0 Å². The molecule has 2 nitrogen and oxygen atoms in total. The van der Waals surface area contributed by atoms with Crippen molar-refractivity contribution in [1.29, 1.82) is 0 Å². The van der Waals surface area contributed by atoms with E-state index in [0.29, 0.717) is 6.61 Å². The molecule has 0 N–H and O–H groups in total. The summed E-state index contributed by atoms with van der Waals surface area (Å²) in [5, 5.41) is 0. The van der Waals surface area contributed by atoms with Crippen LogP contribution in [0.25, 0.3) is 0 Å². The molecule has 0 aliphatic heterocycles. The topological polar surface area (TPSA) is 22.1 Å². The van der Waals surface area contributed by atoms with Gasteiger partial charge in [-0.2, -0.15) is 0 Å². The highest BCUT2D eigenvalue weighted by Crippen LogP contribution is 2.29. The summed E-state index contributed by atoms with van der Waals surface area (Å²) < 4.78 is 5.55. The minimum atomic E-state index is 0.658. The Bertz CT molecular complexity index is 282. The smallest absolute Gasteiger partial charge is 0.0887 e. The minimum Gasteiger partial charge on any atom is -0.375 e. The van der Waals surface area contributed by atoms with Crippen LogP contribution in [0.5, 0.6) is 0 Å². The first-order valence-electron chi connectivity index (χ1n) is 4.95. The van der Waals surface area contributed by atoms with E-state index in [9.17, 15) is 0 Å². The summed E-state index contributed by atoms with van der Waals surface area (Å²) in [4.78, 5) is 5.53. The van der Waals surface area contributed by atoms with Crippen LogP contribution in [-0.2, 0) is 11.3 Å². The molecule has 1 heterocycles. The highest BCUT2D eigenvalue weighted by atomic mass is 32.2. The van der Waals surface area contributed by atoms with E-state index in [2.05, 4.69) is 17.3 Å². The van der Waals surface area contributed by atoms with Crippen LogP contribution in [0.4, 0.5) is 0 Å². The van der Waals surface area contributed by atoms with E-state index >= 15 is 0 Å². The van der Waals surface area contributed by atoms with Gasteiger partial charge >= 0.3 is 0 Å². The normalized spacial score (nSPS) is 15.8. The molecule has 0 atom stereocenters. The van der Waals surface area contributed by atoms with Crippen LogP contribution in [0.3, 0.4) is 0 Å². The number of nitrogens with zero attached hydrogens (tertiary/aromatic N) is 1. The molecule has 1 aliphatic carbocycles. The third kappa shape index (κ3) is 3.00. The molecule has 0 saturated heterocycles. The Morgan fingerprint density at radius 2 is 2.36 bits per heavy atom. The third-order valence-corrected chi connectivity index (χ3v) is 3.05. The van der Waals surface area contributed by atoms with Crippen molar-refractivity contribution in [1.82, 2.24) is 4.98 Å². The number of rotatable bonds is 5. The molecule has 1 aromatic rings. The van der Waals surface area contributed by atoms with Crippen LogP contribution >= 0.6 is 11.8 Å². The summed E-state index contributed by atoms with van der Waals surface area (Å²) in [6.45, 7) is 1.57. The summed E-state index contributed by atoms with van der Waals surface area (Å²) in [6.07, 6.45) is 6.65. The Balaban J connectivity index is 1.77. The first-order chi connectivity index (χ1) is 6.88. The zero-order valence-electron chi connectivity index (χ0n) is 8.40. The summed E-state index contributed by atoms with van der Waals surface area (Å²) in [7, 11) is 0. The van der Waals surface area contributed by atoms with Gasteiger partial charge in [0.2, 0.25) is 0 Å². The van der Waals surface area contributed by atoms with Gasteiger partial charge in [0, 0.05) is 17.7 Å². The standard InChI is InChI=1S/C11H15NOS/c1-14-11-5-4-10(12-6-11)8-13-7-9-2-3-9/h4-6,9H,2-3,7-8H2,1H3. The zero-order chi connectivity index (χ0) is 9.80. The molecule has 14 heavy (non-hydrogen) atoms. The lowest BCUT2D eigenvalue weighted by atomic mass is 10.4. The maximum Gasteiger partial charge on any atom is 0.0887 e. The van der Waals surface area contributed by atoms with Gasteiger partial charge in [-0.05, 0) is 37.1 Å². The Hall–Kier alpha value is -0.540. The lowest BCUT2D eigenvalue weighted by molar-refractivity contribution is 0.109. The van der Waals surface area contributed by atoms with E-state index in [0.717, 1.165) is 18.2 Å². The van der Waals surface area contributed by atoms with Crippen molar-refractivity contribution in [2.45, 2.75) is 24.3 Å². The lowest BCUT2D eigenvalue weighted by Crippen LogP contribution is -1.98. The number of hydrogen-bond acceptors (Lipinski definition) is 3. The summed E-state index contributed by atoms with van der Waals surface area (Å²) >= 11 is 1.71. The van der Waals surface area contributed by atoms with Crippen molar-refractivity contribution in [3.05, 3.63) is 24.0 Å². The van der Waals surface area contributed by atoms with Crippen molar-refractivity contribution in [2.75, 3.05) is 12.9 Å². The SMILES string of the molecule is CSc1ccc(COCC2CC2)nc1. The van der Waals surface area contributed by atoms with E-state index in [4.69, 9.17) is 4.74 Å². The average Bonchev–Trinajstić information content (AvgIpc) is 3.03. The second-order valence-corrected chi connectivity index (χ2v) is 4.53. The van der Waals surface area contributed by atoms with Crippen molar-refractivity contribution in [2.24, 2.45) is 5.92 Å². The molecule has 0 spiro atoms. The maximum absolute atomic E-state index is 5.55. The Morgan fingerprint density at radius 1 is 1.50 bits per heavy atom. The molecular formula is C11H15NOS. The monoisotopic (exact) mass is 209 g/mol. The van der Waals surface area contributed by atoms with Gasteiger partial charge in [-0.1, -0.05) is 0 Å². The summed E-state index contributed by atoms with van der Waals surface area (Å²) in [5.74, 6) is 0.834. The van der Waals surface area contributed by atoms with Gasteiger partial charge in [-0.3, -0.25) is 4.98 Å². The zero-order valence-corrected chi connectivity index (χ0v) is 9.22. The summed E-state index contributed by atoms with van der Waals surface area (Å²) in [6, 6.07) is 4.13. The van der Waals surface area contributed by atoms with Gasteiger partial charge in [0.25, 0.3) is 0 Å². The number of aromatic nitrogens is 1. The molecule has 0 radical (unpaired) electrons. The molecule has 0 aromatic carbocycles. The predicted molar refractivity (Wildman–Crippen MR) is 58.4 cm³/mol. The van der Waals surface area contributed by atoms with Crippen LogP contribution in [-0.4, -0.2) is 17.8 Å². The van der Waals surface area contributed by atoms with Gasteiger partial charge in [0.15, 0.2) is 0 Å². The first kappa shape index (κ1) is 9.99. The second kappa shape index (κ2) is 4.80. The van der Waals surface area contributed by atoms with Gasteiger partial charge in [-0.15, -0.1) is 11.8 Å². The van der Waals surface area contributed by atoms with Gasteiger partial charge < -0.3 is 4.74 Å². The molecular weight excluding hydrogens is 194 g/mol. The third-order valence-electron chi connectivity index (χ3n) is 2.33. The van der Waals surface area contributed by atoms with Crippen LogP contribution in [0.2, 0.25) is 0 Å². The first-order valence-corrected chi connectivity index (χ1v) is 6.17. The number of hydrogen-bond donors (Lipinski definition) is 0. The van der Waals surface area contributed by atoms with Crippen molar-refractivity contribution in [3.8, 4) is 0 Å². The summed E-state index contributed by atoms with van der Waals surface area (Å²) in [5.41, 5.74) is 1.03. The molecule has 1 aliphatic rings. The molecule has 76 valence electrons. The minimum absolute atomic E-state index is 0.658. The molecule has 0 unspecified atom stereocenters. The second-order valence-electron chi connectivity index (χ2n) is 3.65. The quantitative estimate of drug-likeness (QED) is 0.696. The Labute approximate surface area is 89.1 Å². The Kier molecular flexibility index (Phi) is 3.43. The van der Waals surface area contributed by atoms with Gasteiger partial charge in [-0.25, -0.2) is 0 Å². The largest absolute Gasteiger partial charge is 0.375 e. The highest BCUT2D eigenvalue weighted by Gasteiger charge is 2.20. The predicted octanol–water partition coefficient (Wildman–Crippen LogP) is 2.73. The van der Waals surface area contributed by atoms with E-state index in [1.165, 1.54) is 17.7 Å². The van der Waals surface area contributed by atoms with Crippen molar-refractivity contribution < 1.29 is 4.74 Å². The molecule has 1 aromatic heterocycles. The van der Waals surface area contributed by atoms with Crippen LogP contribution in [0.1, 0.15) is 18.5 Å². The van der Waals surface area contributed by atoms with Gasteiger partial charge in [0.05, 0.1) is 12.3 Å². The van der Waals surface area contributed by atoms with Crippen molar-refractivity contribution >= 4 is 11.8 Å². The molecule has 2 rings (SSSR count). The van der Waals surface area contributed by atoms with Crippen molar-refractivity contribution in [3.63, 3.8) is 0 Å². The number of pyridine rings is 1. The highest BCUT2D eigenvalue weighted by molar-refractivity contribution is 7.98. The van der Waals surface area contributed by atoms with E-state index in [1.54, 1.807) is 11.8 Å². The molecule has 3 heteroatoms. The molecule has 1 fully saturated rings. The fourth-order valence-electron chi connectivity index (χ4n) is 1.23. The van der Waals surface area contributed by atoms with Crippen LogP contribution in [0, 0.1) is 5.92 Å². The van der Waals surface area contributed by atoms with E-state index in [1.807, 2.05) is 12.3 Å². The Morgan fingerprint density at radius 3 is 2.93 bits per heavy atom. The maximum atomic E-state index is 5.55. The fourth-order valence-corrected chi connectivity index (χ4v) is 1.59. The molecule has 1 saturated carbocycles.